The average Bonchev–Trinajstić information content (AvgIpc) is 2.48. The van der Waals surface area contributed by atoms with Gasteiger partial charge in [-0.15, -0.1) is 0 Å². The van der Waals surface area contributed by atoms with Gasteiger partial charge in [0.25, 0.3) is 0 Å². The summed E-state index contributed by atoms with van der Waals surface area (Å²) in [5, 5.41) is 0. The Morgan fingerprint density at radius 1 is 1.75 bits per heavy atom. The minimum Gasteiger partial charge on any atom is -0.472 e. The molecule has 0 N–H and O–H groups in total. The first-order chi connectivity index (χ1) is 5.74. The number of hydrogen-bond donors (Lipinski definition) is 0. The molecule has 2 heteroatoms. The van der Waals surface area contributed by atoms with Crippen LogP contribution in [-0.2, 0) is 4.74 Å². The summed E-state index contributed by atoms with van der Waals surface area (Å²) < 4.78 is 5.58. The summed E-state index contributed by atoms with van der Waals surface area (Å²) in [6, 6.07) is 0. The van der Waals surface area contributed by atoms with E-state index in [2.05, 4.69) is 18.5 Å². The Hall–Kier alpha value is -0.790. The van der Waals surface area contributed by atoms with Gasteiger partial charge in [-0.1, -0.05) is 19.9 Å². The molecule has 0 spiro atoms. The maximum Gasteiger partial charge on any atom is 0.211 e. The summed E-state index contributed by atoms with van der Waals surface area (Å²) in [5.74, 6) is 0.760. The zero-order chi connectivity index (χ0) is 8.97. The van der Waals surface area contributed by atoms with Gasteiger partial charge in [-0.25, -0.2) is 4.99 Å². The van der Waals surface area contributed by atoms with Crippen LogP contribution in [0.25, 0.3) is 0 Å². The van der Waals surface area contributed by atoms with E-state index >= 15 is 0 Å². The second-order valence-corrected chi connectivity index (χ2v) is 3.31. The smallest absolute Gasteiger partial charge is 0.211 e. The molecule has 68 valence electrons. The summed E-state index contributed by atoms with van der Waals surface area (Å²) in [5.41, 5.74) is 0.939. The highest BCUT2D eigenvalue weighted by Gasteiger charge is 2.18. The second kappa shape index (κ2) is 4.29. The highest BCUT2D eigenvalue weighted by Crippen LogP contribution is 2.14. The minimum absolute atomic E-state index is 0.316. The normalized spacial score (nSPS) is 21.8. The molecule has 1 aliphatic rings. The Bertz CT molecular complexity index is 196. The molecule has 0 saturated heterocycles. The van der Waals surface area contributed by atoms with Crippen LogP contribution in [0.4, 0.5) is 0 Å². The fourth-order valence-corrected chi connectivity index (χ4v) is 1.23. The van der Waals surface area contributed by atoms with Crippen LogP contribution in [-0.4, -0.2) is 18.5 Å². The van der Waals surface area contributed by atoms with E-state index in [-0.39, 0.29) is 0 Å². The zero-order valence-electron chi connectivity index (χ0n) is 7.97. The number of hydrogen-bond acceptors (Lipinski definition) is 2. The Balaban J connectivity index is 2.27. The SMILES string of the molecule is C=C(C)C1=NCC(CCCC)O1. The maximum atomic E-state index is 5.58. The number of ether oxygens (including phenoxy) is 1. The lowest BCUT2D eigenvalue weighted by Gasteiger charge is -2.09. The van der Waals surface area contributed by atoms with Gasteiger partial charge < -0.3 is 4.74 Å². The molecule has 12 heavy (non-hydrogen) atoms. The lowest BCUT2D eigenvalue weighted by Crippen LogP contribution is -2.12. The van der Waals surface area contributed by atoms with Crippen LogP contribution in [0.3, 0.4) is 0 Å². The van der Waals surface area contributed by atoms with Gasteiger partial charge in [-0.3, -0.25) is 0 Å². The lowest BCUT2D eigenvalue weighted by atomic mass is 10.2. The lowest BCUT2D eigenvalue weighted by molar-refractivity contribution is 0.209. The zero-order valence-corrected chi connectivity index (χ0v) is 7.97. The van der Waals surface area contributed by atoms with Crippen LogP contribution in [0.2, 0.25) is 0 Å². The molecule has 1 atom stereocenters. The van der Waals surface area contributed by atoms with Gasteiger partial charge in [0.15, 0.2) is 0 Å². The number of nitrogens with zero attached hydrogens (tertiary/aromatic N) is 1. The van der Waals surface area contributed by atoms with Crippen molar-refractivity contribution in [2.75, 3.05) is 6.54 Å². The molecule has 1 heterocycles. The molecular weight excluding hydrogens is 150 g/mol. The molecule has 1 aliphatic heterocycles. The average molecular weight is 167 g/mol. The van der Waals surface area contributed by atoms with Gasteiger partial charge in [0.1, 0.15) is 6.10 Å². The molecule has 0 aromatic carbocycles. The molecule has 0 saturated carbocycles. The summed E-state index contributed by atoms with van der Waals surface area (Å²) in [4.78, 5) is 4.26. The predicted octanol–water partition coefficient (Wildman–Crippen LogP) is 2.55. The van der Waals surface area contributed by atoms with E-state index in [9.17, 15) is 0 Å². The largest absolute Gasteiger partial charge is 0.472 e. The highest BCUT2D eigenvalue weighted by atomic mass is 16.5. The van der Waals surface area contributed by atoms with E-state index in [0.29, 0.717) is 6.10 Å². The van der Waals surface area contributed by atoms with E-state index in [1.54, 1.807) is 0 Å². The van der Waals surface area contributed by atoms with Crippen molar-refractivity contribution >= 4 is 5.90 Å². The van der Waals surface area contributed by atoms with Gasteiger partial charge in [-0.05, 0) is 19.8 Å². The van der Waals surface area contributed by atoms with Crippen LogP contribution in [0.1, 0.15) is 33.1 Å². The van der Waals surface area contributed by atoms with Crippen molar-refractivity contribution in [3.8, 4) is 0 Å². The fraction of sp³-hybridized carbons (Fsp3) is 0.700. The summed E-state index contributed by atoms with van der Waals surface area (Å²) in [7, 11) is 0. The summed E-state index contributed by atoms with van der Waals surface area (Å²) in [6.07, 6.45) is 3.89. The first-order valence-corrected chi connectivity index (χ1v) is 4.61. The van der Waals surface area contributed by atoms with Gasteiger partial charge in [0.2, 0.25) is 5.90 Å². The van der Waals surface area contributed by atoms with Crippen LogP contribution in [0.5, 0.6) is 0 Å². The van der Waals surface area contributed by atoms with Crippen molar-refractivity contribution in [1.29, 1.82) is 0 Å². The first-order valence-electron chi connectivity index (χ1n) is 4.61. The molecule has 1 unspecified atom stereocenters. The fourth-order valence-electron chi connectivity index (χ4n) is 1.23. The second-order valence-electron chi connectivity index (χ2n) is 3.31. The topological polar surface area (TPSA) is 21.6 Å². The number of rotatable bonds is 4. The van der Waals surface area contributed by atoms with E-state index in [4.69, 9.17) is 4.74 Å². The third-order valence-corrected chi connectivity index (χ3v) is 1.96. The molecule has 0 aliphatic carbocycles. The number of unbranched alkanes of at least 4 members (excludes halogenated alkanes) is 1. The molecule has 0 aromatic heterocycles. The monoisotopic (exact) mass is 167 g/mol. The molecule has 1 rings (SSSR count). The Morgan fingerprint density at radius 2 is 2.50 bits per heavy atom. The summed E-state index contributed by atoms with van der Waals surface area (Å²) in [6.45, 7) is 8.74. The van der Waals surface area contributed by atoms with Crippen LogP contribution in [0.15, 0.2) is 17.1 Å². The van der Waals surface area contributed by atoms with Crippen LogP contribution >= 0.6 is 0 Å². The molecule has 0 fully saturated rings. The molecule has 0 amide bonds. The molecule has 0 bridgehead atoms. The maximum absolute atomic E-state index is 5.58. The Kier molecular flexibility index (Phi) is 3.32. The molecule has 2 nitrogen and oxygen atoms in total. The summed E-state index contributed by atoms with van der Waals surface area (Å²) >= 11 is 0. The Labute approximate surface area is 74.3 Å². The van der Waals surface area contributed by atoms with Crippen LogP contribution < -0.4 is 0 Å². The van der Waals surface area contributed by atoms with Crippen molar-refractivity contribution < 1.29 is 4.74 Å². The van der Waals surface area contributed by atoms with Gasteiger partial charge >= 0.3 is 0 Å². The van der Waals surface area contributed by atoms with Gasteiger partial charge in [-0.2, -0.15) is 0 Å². The van der Waals surface area contributed by atoms with E-state index < -0.39 is 0 Å². The van der Waals surface area contributed by atoms with Crippen LogP contribution in [0, 0.1) is 0 Å². The minimum atomic E-state index is 0.316. The first kappa shape index (κ1) is 9.30. The Morgan fingerprint density at radius 3 is 3.00 bits per heavy atom. The third-order valence-electron chi connectivity index (χ3n) is 1.96. The van der Waals surface area contributed by atoms with Crippen molar-refractivity contribution in [2.24, 2.45) is 4.99 Å². The van der Waals surface area contributed by atoms with E-state index in [0.717, 1.165) is 24.4 Å². The standard InChI is InChI=1S/C10H17NO/c1-4-5-6-9-7-11-10(12-9)8(2)3/h9H,2,4-7H2,1,3H3. The number of aliphatic imine (C=N–C) groups is 1. The van der Waals surface area contributed by atoms with Crippen molar-refractivity contribution in [3.05, 3.63) is 12.2 Å². The molecular formula is C10H17NO. The molecule has 0 radical (unpaired) electrons. The van der Waals surface area contributed by atoms with Gasteiger partial charge in [0, 0.05) is 5.57 Å². The third kappa shape index (κ3) is 2.36. The van der Waals surface area contributed by atoms with E-state index in [1.165, 1.54) is 12.8 Å². The predicted molar refractivity (Wildman–Crippen MR) is 51.5 cm³/mol. The van der Waals surface area contributed by atoms with Crippen molar-refractivity contribution in [3.63, 3.8) is 0 Å². The van der Waals surface area contributed by atoms with Crippen molar-refractivity contribution in [1.82, 2.24) is 0 Å². The van der Waals surface area contributed by atoms with E-state index in [1.807, 2.05) is 6.92 Å². The van der Waals surface area contributed by atoms with Gasteiger partial charge in [0.05, 0.1) is 6.54 Å². The quantitative estimate of drug-likeness (QED) is 0.630. The van der Waals surface area contributed by atoms with Crippen molar-refractivity contribution in [2.45, 2.75) is 39.2 Å². The molecule has 0 aromatic rings. The highest BCUT2D eigenvalue weighted by molar-refractivity contribution is 5.93.